The molecule has 0 bridgehead atoms. The number of benzene rings is 1. The smallest absolute Gasteiger partial charge is 0.312 e. The van der Waals surface area contributed by atoms with Crippen molar-refractivity contribution < 1.29 is 17.9 Å². The molecule has 1 aromatic carbocycles. The summed E-state index contributed by atoms with van der Waals surface area (Å²) in [5.41, 5.74) is 0.364. The highest BCUT2D eigenvalue weighted by Gasteiger charge is 2.17. The van der Waals surface area contributed by atoms with Crippen molar-refractivity contribution in [3.05, 3.63) is 35.2 Å². The zero-order valence-electron chi connectivity index (χ0n) is 12.1. The maximum Gasteiger partial charge on any atom is 0.312 e. The van der Waals surface area contributed by atoms with E-state index in [-0.39, 0.29) is 22.3 Å². The van der Waals surface area contributed by atoms with E-state index in [0.29, 0.717) is 12.0 Å². The molecule has 7 nitrogen and oxygen atoms in total. The Bertz CT molecular complexity index is 836. The highest BCUT2D eigenvalue weighted by Crippen LogP contribution is 2.24. The maximum absolute atomic E-state index is 12.2. The predicted octanol–water partition coefficient (Wildman–Crippen LogP) is 2.52. The molecule has 0 saturated carbocycles. The Morgan fingerprint density at radius 2 is 2.09 bits per heavy atom. The number of hydrogen-bond acceptors (Lipinski definition) is 7. The molecule has 0 radical (unpaired) electrons. The molecule has 0 amide bonds. The highest BCUT2D eigenvalue weighted by atomic mass is 32.2. The summed E-state index contributed by atoms with van der Waals surface area (Å²) in [6.07, 6.45) is 0.922. The Morgan fingerprint density at radius 3 is 2.70 bits per heavy atom. The minimum atomic E-state index is -3.82. The summed E-state index contributed by atoms with van der Waals surface area (Å²) < 4.78 is 31.7. The molecule has 0 unspecified atom stereocenters. The number of nitrogens with one attached hydrogen (secondary N) is 1. The number of nitrogens with zero attached hydrogens (tertiary/aromatic N) is 2. The van der Waals surface area contributed by atoms with Crippen LogP contribution in [0.3, 0.4) is 0 Å². The summed E-state index contributed by atoms with van der Waals surface area (Å²) in [4.78, 5) is 15.3. The predicted molar refractivity (Wildman–Crippen MR) is 84.6 cm³/mol. The third kappa shape index (κ3) is 4.51. The molecule has 0 fully saturated rings. The average Bonchev–Trinajstić information content (AvgIpc) is 2.93. The molecule has 0 aliphatic heterocycles. The number of carbonyl (C=O) groups is 1. The van der Waals surface area contributed by atoms with Gasteiger partial charge in [0.2, 0.25) is 5.88 Å². The second-order valence-corrected chi connectivity index (χ2v) is 7.00. The minimum Gasteiger partial charge on any atom is -0.406 e. The van der Waals surface area contributed by atoms with Crippen LogP contribution in [0.4, 0.5) is 5.13 Å². The van der Waals surface area contributed by atoms with Gasteiger partial charge in [-0.15, -0.1) is 11.3 Å². The maximum atomic E-state index is 12.2. The van der Waals surface area contributed by atoms with E-state index in [0.717, 1.165) is 11.3 Å². The van der Waals surface area contributed by atoms with Gasteiger partial charge in [-0.1, -0.05) is 6.92 Å². The number of carbonyl (C=O) groups excluding carboxylic acids is 1. The number of nitriles is 1. The fraction of sp³-hybridized carbons (Fsp3) is 0.214. The van der Waals surface area contributed by atoms with Crippen LogP contribution >= 0.6 is 11.3 Å². The first-order valence-electron chi connectivity index (χ1n) is 6.64. The lowest BCUT2D eigenvalue weighted by Crippen LogP contribution is -2.13. The van der Waals surface area contributed by atoms with Crippen LogP contribution in [0.5, 0.6) is 5.88 Å². The minimum absolute atomic E-state index is 0.0104. The Hall–Kier alpha value is -2.44. The Labute approximate surface area is 137 Å². The largest absolute Gasteiger partial charge is 0.406 e. The number of rotatable bonds is 6. The number of ether oxygens (including phenoxy) is 1. The van der Waals surface area contributed by atoms with Crippen molar-refractivity contribution >= 4 is 32.5 Å². The summed E-state index contributed by atoms with van der Waals surface area (Å²) >= 11 is 1.01. The zero-order valence-corrected chi connectivity index (χ0v) is 13.8. The summed E-state index contributed by atoms with van der Waals surface area (Å²) in [7, 11) is -3.82. The number of anilines is 1. The van der Waals surface area contributed by atoms with E-state index < -0.39 is 16.0 Å². The highest BCUT2D eigenvalue weighted by molar-refractivity contribution is 7.93. The lowest BCUT2D eigenvalue weighted by atomic mass is 10.2. The van der Waals surface area contributed by atoms with E-state index in [1.807, 2.05) is 13.0 Å². The van der Waals surface area contributed by atoms with Gasteiger partial charge in [-0.3, -0.25) is 9.52 Å². The van der Waals surface area contributed by atoms with Gasteiger partial charge in [0.25, 0.3) is 10.0 Å². The molecule has 1 heterocycles. The van der Waals surface area contributed by atoms with Gasteiger partial charge in [0, 0.05) is 6.42 Å². The van der Waals surface area contributed by atoms with Crippen LogP contribution in [0.2, 0.25) is 0 Å². The monoisotopic (exact) mass is 351 g/mol. The van der Waals surface area contributed by atoms with Gasteiger partial charge in [0.15, 0.2) is 5.13 Å². The van der Waals surface area contributed by atoms with E-state index in [4.69, 9.17) is 10.00 Å². The lowest BCUT2D eigenvalue weighted by molar-refractivity contribution is -0.134. The van der Waals surface area contributed by atoms with Gasteiger partial charge in [-0.25, -0.2) is 8.42 Å². The molecule has 1 N–H and O–H groups in total. The Kier molecular flexibility index (Phi) is 5.31. The molecule has 0 aliphatic rings. The van der Waals surface area contributed by atoms with Crippen molar-refractivity contribution in [3.63, 3.8) is 0 Å². The second-order valence-electron chi connectivity index (χ2n) is 4.46. The normalized spacial score (nSPS) is 10.8. The van der Waals surface area contributed by atoms with Crippen molar-refractivity contribution in [3.8, 4) is 11.9 Å². The third-order valence-electron chi connectivity index (χ3n) is 2.67. The van der Waals surface area contributed by atoms with Gasteiger partial charge in [-0.2, -0.15) is 10.2 Å². The number of sulfonamides is 1. The van der Waals surface area contributed by atoms with Crippen molar-refractivity contribution in [2.75, 3.05) is 4.72 Å². The standard InChI is InChI=1S/C14H13N3O4S2/c1-2-3-13(18)21-12-9-22-14(16-12)17-23(19,20)11-6-4-10(8-15)5-7-11/h4-7,9H,2-3H2,1H3,(H,16,17). The lowest BCUT2D eigenvalue weighted by Gasteiger charge is -2.04. The number of thiazole rings is 1. The van der Waals surface area contributed by atoms with E-state index in [2.05, 4.69) is 9.71 Å². The SMILES string of the molecule is CCCC(=O)Oc1csc(NS(=O)(=O)c2ccc(C#N)cc2)n1. The topological polar surface area (TPSA) is 109 Å². The molecule has 1 aromatic heterocycles. The first-order chi connectivity index (χ1) is 10.9. The molecule has 120 valence electrons. The summed E-state index contributed by atoms with van der Waals surface area (Å²) in [5, 5.41) is 10.3. The van der Waals surface area contributed by atoms with E-state index >= 15 is 0 Å². The molecule has 9 heteroatoms. The third-order valence-corrected chi connectivity index (χ3v) is 4.89. The van der Waals surface area contributed by atoms with E-state index in [1.165, 1.54) is 29.6 Å². The van der Waals surface area contributed by atoms with Crippen molar-refractivity contribution in [2.24, 2.45) is 0 Å². The van der Waals surface area contributed by atoms with Crippen LogP contribution in [0, 0.1) is 11.3 Å². The molecule has 0 atom stereocenters. The van der Waals surface area contributed by atoms with Crippen LogP contribution in [0.1, 0.15) is 25.3 Å². The zero-order chi connectivity index (χ0) is 16.9. The fourth-order valence-corrected chi connectivity index (χ4v) is 3.47. The first kappa shape index (κ1) is 16.9. The molecule has 23 heavy (non-hydrogen) atoms. The summed E-state index contributed by atoms with van der Waals surface area (Å²) in [5.74, 6) is -0.356. The number of esters is 1. The van der Waals surface area contributed by atoms with Crippen molar-refractivity contribution in [2.45, 2.75) is 24.7 Å². The van der Waals surface area contributed by atoms with Crippen LogP contribution < -0.4 is 9.46 Å². The van der Waals surface area contributed by atoms with Gasteiger partial charge in [-0.05, 0) is 30.7 Å². The number of hydrogen-bond donors (Lipinski definition) is 1. The van der Waals surface area contributed by atoms with Crippen LogP contribution in [-0.2, 0) is 14.8 Å². The molecular weight excluding hydrogens is 338 g/mol. The van der Waals surface area contributed by atoms with E-state index in [1.54, 1.807) is 0 Å². The summed E-state index contributed by atoms with van der Waals surface area (Å²) in [6.45, 7) is 1.85. The number of aromatic nitrogens is 1. The summed E-state index contributed by atoms with van der Waals surface area (Å²) in [6, 6.07) is 7.40. The molecule has 2 rings (SSSR count). The first-order valence-corrected chi connectivity index (χ1v) is 9.00. The fourth-order valence-electron chi connectivity index (χ4n) is 1.61. The van der Waals surface area contributed by atoms with E-state index in [9.17, 15) is 13.2 Å². The quantitative estimate of drug-likeness (QED) is 0.801. The van der Waals surface area contributed by atoms with Gasteiger partial charge >= 0.3 is 5.97 Å². The van der Waals surface area contributed by atoms with Gasteiger partial charge < -0.3 is 4.74 Å². The molecule has 0 spiro atoms. The molecule has 0 aliphatic carbocycles. The molecule has 2 aromatic rings. The van der Waals surface area contributed by atoms with Gasteiger partial charge in [0.05, 0.1) is 21.9 Å². The van der Waals surface area contributed by atoms with Gasteiger partial charge in [0.1, 0.15) is 0 Å². The van der Waals surface area contributed by atoms with Crippen LogP contribution in [0.15, 0.2) is 34.5 Å². The molecular formula is C14H13N3O4S2. The average molecular weight is 351 g/mol. The Morgan fingerprint density at radius 1 is 1.39 bits per heavy atom. The second kappa shape index (κ2) is 7.21. The Balaban J connectivity index is 2.10. The molecule has 0 saturated heterocycles. The van der Waals surface area contributed by atoms with Crippen molar-refractivity contribution in [1.29, 1.82) is 5.26 Å². The van der Waals surface area contributed by atoms with Crippen molar-refractivity contribution in [1.82, 2.24) is 4.98 Å². The van der Waals surface area contributed by atoms with Crippen LogP contribution in [-0.4, -0.2) is 19.4 Å². The van der Waals surface area contributed by atoms with Crippen LogP contribution in [0.25, 0.3) is 0 Å².